The molecule has 4 heteroatoms. The monoisotopic (exact) mass is 215 g/mol. The van der Waals surface area contributed by atoms with E-state index in [2.05, 4.69) is 11.7 Å². The van der Waals surface area contributed by atoms with Gasteiger partial charge in [0.25, 0.3) is 0 Å². The van der Waals surface area contributed by atoms with Crippen molar-refractivity contribution in [2.24, 2.45) is 0 Å². The smallest absolute Gasteiger partial charge is 0.405 e. The fourth-order valence-electron chi connectivity index (χ4n) is 1.52. The highest BCUT2D eigenvalue weighted by atomic mass is 19.4. The predicted octanol–water partition coefficient (Wildman–Crippen LogP) is 3.64. The van der Waals surface area contributed by atoms with E-state index in [-0.39, 0.29) is 11.7 Å². The number of benzene rings is 1. The van der Waals surface area contributed by atoms with Crippen LogP contribution in [0.2, 0.25) is 0 Å². The Kier molecular flexibility index (Phi) is 2.37. The molecular weight excluding hydrogens is 205 g/mol. The van der Waals surface area contributed by atoms with Gasteiger partial charge in [0.1, 0.15) is 5.75 Å². The van der Waals surface area contributed by atoms with Crippen molar-refractivity contribution in [3.8, 4) is 5.75 Å². The van der Waals surface area contributed by atoms with E-state index in [4.69, 9.17) is 0 Å². The van der Waals surface area contributed by atoms with Crippen LogP contribution in [0.1, 0.15) is 29.9 Å². The molecule has 15 heavy (non-hydrogen) atoms. The van der Waals surface area contributed by atoms with Crippen LogP contribution in [-0.4, -0.2) is 6.36 Å². The third-order valence-electron chi connectivity index (χ3n) is 2.32. The molecule has 0 saturated heterocycles. The Balaban J connectivity index is 2.30. The summed E-state index contributed by atoms with van der Waals surface area (Å²) in [6, 6.07) is 4.71. The Morgan fingerprint density at radius 2 is 1.93 bits per heavy atom. The first-order chi connectivity index (χ1) is 6.96. The first kappa shape index (κ1) is 10.3. The minimum absolute atomic E-state index is 0.0995. The maximum Gasteiger partial charge on any atom is 0.573 e. The lowest BCUT2D eigenvalue weighted by atomic mass is 10.1. The van der Waals surface area contributed by atoms with E-state index in [1.54, 1.807) is 12.1 Å². The second-order valence-electron chi connectivity index (χ2n) is 3.69. The summed E-state index contributed by atoms with van der Waals surface area (Å²) in [4.78, 5) is 0. The second-order valence-corrected chi connectivity index (χ2v) is 3.69. The van der Waals surface area contributed by atoms with Crippen LogP contribution in [0.4, 0.5) is 13.2 Å². The maximum atomic E-state index is 12.1. The third-order valence-corrected chi connectivity index (χ3v) is 2.32. The Morgan fingerprint density at radius 1 is 1.27 bits per heavy atom. The highest BCUT2D eigenvalue weighted by Crippen LogP contribution is 2.45. The van der Waals surface area contributed by atoms with E-state index in [1.807, 2.05) is 0 Å². The van der Waals surface area contributed by atoms with Crippen molar-refractivity contribution >= 4 is 0 Å². The second kappa shape index (κ2) is 3.43. The zero-order valence-corrected chi connectivity index (χ0v) is 7.97. The number of hydrogen-bond acceptors (Lipinski definition) is 1. The molecule has 1 aliphatic carbocycles. The molecule has 0 aliphatic heterocycles. The Labute approximate surface area is 85.9 Å². The minimum atomic E-state index is -4.63. The van der Waals surface area contributed by atoms with Gasteiger partial charge >= 0.3 is 6.36 Å². The molecule has 81 valence electrons. The first-order valence-corrected chi connectivity index (χ1v) is 4.67. The van der Waals surface area contributed by atoms with Crippen LogP contribution < -0.4 is 4.74 Å². The van der Waals surface area contributed by atoms with E-state index in [9.17, 15) is 13.2 Å². The summed E-state index contributed by atoms with van der Waals surface area (Å²) in [5.41, 5.74) is 1.17. The van der Waals surface area contributed by atoms with Gasteiger partial charge in [0.05, 0.1) is 0 Å². The Hall–Kier alpha value is -1.19. The molecule has 0 spiro atoms. The van der Waals surface area contributed by atoms with Gasteiger partial charge in [-0.05, 0) is 42.9 Å². The van der Waals surface area contributed by atoms with Gasteiger partial charge in [-0.25, -0.2) is 0 Å². The highest BCUT2D eigenvalue weighted by molar-refractivity contribution is 5.42. The van der Waals surface area contributed by atoms with Gasteiger partial charge in [-0.15, -0.1) is 13.2 Å². The van der Waals surface area contributed by atoms with E-state index in [0.717, 1.165) is 12.8 Å². The van der Waals surface area contributed by atoms with Crippen LogP contribution in [-0.2, 0) is 0 Å². The average molecular weight is 215 g/mol. The fraction of sp³-hybridized carbons (Fsp3) is 0.364. The number of halogens is 3. The van der Waals surface area contributed by atoms with Crippen LogP contribution in [0, 0.1) is 6.92 Å². The van der Waals surface area contributed by atoms with Crippen molar-refractivity contribution in [3.05, 3.63) is 36.2 Å². The molecule has 1 saturated carbocycles. The SMILES string of the molecule is [CH2]c1ccc(C2CC2)c(OC(F)(F)F)c1. The van der Waals surface area contributed by atoms with Gasteiger partial charge in [-0.2, -0.15) is 0 Å². The van der Waals surface area contributed by atoms with Crippen LogP contribution in [0.25, 0.3) is 0 Å². The summed E-state index contributed by atoms with van der Waals surface area (Å²) >= 11 is 0. The largest absolute Gasteiger partial charge is 0.573 e. The summed E-state index contributed by atoms with van der Waals surface area (Å²) in [6.07, 6.45) is -2.76. The molecular formula is C11H10F3O. The first-order valence-electron chi connectivity index (χ1n) is 4.67. The average Bonchev–Trinajstić information content (AvgIpc) is 2.84. The number of rotatable bonds is 2. The van der Waals surface area contributed by atoms with E-state index in [1.165, 1.54) is 6.07 Å². The molecule has 0 bridgehead atoms. The third kappa shape index (κ3) is 2.64. The van der Waals surface area contributed by atoms with Crippen LogP contribution in [0.3, 0.4) is 0 Å². The number of alkyl halides is 3. The summed E-state index contributed by atoms with van der Waals surface area (Å²) in [6.45, 7) is 3.58. The molecule has 0 unspecified atom stereocenters. The summed E-state index contributed by atoms with van der Waals surface area (Å²) in [5, 5.41) is 0. The van der Waals surface area contributed by atoms with Gasteiger partial charge in [0.15, 0.2) is 0 Å². The van der Waals surface area contributed by atoms with Gasteiger partial charge in [-0.1, -0.05) is 12.1 Å². The maximum absolute atomic E-state index is 12.1. The van der Waals surface area contributed by atoms with Crippen molar-refractivity contribution in [1.82, 2.24) is 0 Å². The quantitative estimate of drug-likeness (QED) is 0.731. The molecule has 1 fully saturated rings. The lowest BCUT2D eigenvalue weighted by Crippen LogP contribution is -2.18. The number of hydrogen-bond donors (Lipinski definition) is 0. The number of ether oxygens (including phenoxy) is 1. The molecule has 0 N–H and O–H groups in total. The van der Waals surface area contributed by atoms with E-state index in [0.29, 0.717) is 11.1 Å². The van der Waals surface area contributed by atoms with E-state index >= 15 is 0 Å². The van der Waals surface area contributed by atoms with E-state index < -0.39 is 6.36 Å². The van der Waals surface area contributed by atoms with Gasteiger partial charge in [-0.3, -0.25) is 0 Å². The lowest BCUT2D eigenvalue weighted by molar-refractivity contribution is -0.274. The molecule has 0 aromatic heterocycles. The van der Waals surface area contributed by atoms with Crippen molar-refractivity contribution in [2.75, 3.05) is 0 Å². The molecule has 0 amide bonds. The fourth-order valence-corrected chi connectivity index (χ4v) is 1.52. The molecule has 0 heterocycles. The molecule has 1 radical (unpaired) electrons. The Morgan fingerprint density at radius 3 is 2.47 bits per heavy atom. The molecule has 1 aromatic carbocycles. The molecule has 1 aromatic rings. The van der Waals surface area contributed by atoms with Crippen molar-refractivity contribution in [3.63, 3.8) is 0 Å². The van der Waals surface area contributed by atoms with Crippen LogP contribution in [0.15, 0.2) is 18.2 Å². The van der Waals surface area contributed by atoms with Crippen molar-refractivity contribution in [1.29, 1.82) is 0 Å². The predicted molar refractivity (Wildman–Crippen MR) is 49.6 cm³/mol. The lowest BCUT2D eigenvalue weighted by Gasteiger charge is -2.13. The van der Waals surface area contributed by atoms with Gasteiger partial charge < -0.3 is 4.74 Å². The van der Waals surface area contributed by atoms with Crippen molar-refractivity contribution in [2.45, 2.75) is 25.1 Å². The van der Waals surface area contributed by atoms with Gasteiger partial charge in [0.2, 0.25) is 0 Å². The highest BCUT2D eigenvalue weighted by Gasteiger charge is 2.34. The zero-order valence-electron chi connectivity index (χ0n) is 7.97. The molecule has 1 nitrogen and oxygen atoms in total. The Bertz CT molecular complexity index is 367. The van der Waals surface area contributed by atoms with Crippen LogP contribution in [0.5, 0.6) is 5.75 Å². The van der Waals surface area contributed by atoms with Crippen molar-refractivity contribution < 1.29 is 17.9 Å². The standard InChI is InChI=1S/C11H10F3O/c1-7-2-5-9(8-3-4-8)10(6-7)15-11(12,13)14/h2,5-6,8H,1,3-4H2. The molecule has 1 aliphatic rings. The summed E-state index contributed by atoms with van der Waals surface area (Å²) < 4.78 is 40.3. The summed E-state index contributed by atoms with van der Waals surface area (Å²) in [7, 11) is 0. The summed E-state index contributed by atoms with van der Waals surface area (Å²) in [5.74, 6) is 0.125. The van der Waals surface area contributed by atoms with Gasteiger partial charge in [0, 0.05) is 0 Å². The molecule has 0 atom stereocenters. The van der Waals surface area contributed by atoms with Crippen LogP contribution >= 0.6 is 0 Å². The molecule has 2 rings (SSSR count). The normalized spacial score (nSPS) is 16.5. The zero-order chi connectivity index (χ0) is 11.1. The topological polar surface area (TPSA) is 9.23 Å². The minimum Gasteiger partial charge on any atom is -0.405 e.